The van der Waals surface area contributed by atoms with Gasteiger partial charge in [-0.1, -0.05) is 0 Å². The monoisotopic (exact) mass is 242 g/mol. The predicted molar refractivity (Wildman–Crippen MR) is 37.2 cm³/mol. The highest BCUT2D eigenvalue weighted by Crippen LogP contribution is 2.25. The molecule has 0 bridgehead atoms. The molecule has 0 saturated carbocycles. The third-order valence-corrected chi connectivity index (χ3v) is 1.66. The zero-order chi connectivity index (χ0) is 12.6. The second kappa shape index (κ2) is 3.95. The first-order chi connectivity index (χ1) is 7.29. The summed E-state index contributed by atoms with van der Waals surface area (Å²) in [4.78, 5) is 20.3. The van der Waals surface area contributed by atoms with Gasteiger partial charge in [0, 0.05) is 0 Å². The zero-order valence-electron chi connectivity index (χ0n) is 7.08. The third-order valence-electron chi connectivity index (χ3n) is 1.66. The van der Waals surface area contributed by atoms with Gasteiger partial charge in [0.2, 0.25) is 0 Å². The molecule has 2 nitrogen and oxygen atoms in total. The summed E-state index contributed by atoms with van der Waals surface area (Å²) in [7, 11) is 0. The Bertz CT molecular complexity index is 451. The Hall–Kier alpha value is -1.86. The lowest BCUT2D eigenvalue weighted by molar-refractivity contribution is 0.0784. The quantitative estimate of drug-likeness (QED) is 0.345. The van der Waals surface area contributed by atoms with Crippen molar-refractivity contribution in [2.75, 3.05) is 0 Å². The van der Waals surface area contributed by atoms with E-state index in [9.17, 15) is 35.9 Å². The molecular weight excluding hydrogens is 242 g/mol. The first-order valence-electron chi connectivity index (χ1n) is 3.54. The molecule has 86 valence electrons. The highest BCUT2D eigenvalue weighted by molar-refractivity contribution is 6.02. The fourth-order valence-electron chi connectivity index (χ4n) is 1.00. The van der Waals surface area contributed by atoms with E-state index in [1.165, 1.54) is 0 Å². The Balaban J connectivity index is 3.83. The number of carbonyl (C=O) groups excluding carboxylic acids is 2. The fourth-order valence-corrected chi connectivity index (χ4v) is 1.00. The molecule has 1 aromatic carbocycles. The SMILES string of the molecule is O=C(F)c1c(F)c(F)c(F)c(F)c1C(=O)F. The maximum atomic E-state index is 12.8. The Kier molecular flexibility index (Phi) is 3.02. The smallest absolute Gasteiger partial charge is 0.255 e. The van der Waals surface area contributed by atoms with Crippen LogP contribution < -0.4 is 0 Å². The van der Waals surface area contributed by atoms with Crippen molar-refractivity contribution in [3.8, 4) is 0 Å². The van der Waals surface area contributed by atoms with Crippen molar-refractivity contribution in [2.24, 2.45) is 0 Å². The summed E-state index contributed by atoms with van der Waals surface area (Å²) in [5, 5.41) is 0. The van der Waals surface area contributed by atoms with Gasteiger partial charge in [-0.25, -0.2) is 17.6 Å². The molecule has 1 rings (SSSR count). The average molecular weight is 242 g/mol. The van der Waals surface area contributed by atoms with E-state index >= 15 is 0 Å². The van der Waals surface area contributed by atoms with E-state index in [-0.39, 0.29) is 0 Å². The van der Waals surface area contributed by atoms with E-state index in [0.717, 1.165) is 0 Å². The van der Waals surface area contributed by atoms with Crippen molar-refractivity contribution in [2.45, 2.75) is 0 Å². The maximum Gasteiger partial charge on any atom is 0.336 e. The van der Waals surface area contributed by atoms with E-state index in [2.05, 4.69) is 0 Å². The molecule has 0 aromatic heterocycles. The summed E-state index contributed by atoms with van der Waals surface area (Å²) in [5.41, 5.74) is -4.22. The Morgan fingerprint density at radius 3 is 1.06 bits per heavy atom. The van der Waals surface area contributed by atoms with Gasteiger partial charge in [0.05, 0.1) is 0 Å². The van der Waals surface area contributed by atoms with Crippen molar-refractivity contribution < 1.29 is 35.9 Å². The Morgan fingerprint density at radius 2 is 0.875 bits per heavy atom. The molecule has 0 saturated heterocycles. The van der Waals surface area contributed by atoms with Gasteiger partial charge in [0.1, 0.15) is 11.1 Å². The maximum absolute atomic E-state index is 12.8. The summed E-state index contributed by atoms with van der Waals surface area (Å²) < 4.78 is 74.8. The molecule has 0 unspecified atom stereocenters. The van der Waals surface area contributed by atoms with Crippen LogP contribution in [0, 0.1) is 23.3 Å². The minimum atomic E-state index is -2.80. The number of rotatable bonds is 2. The summed E-state index contributed by atoms with van der Waals surface area (Å²) >= 11 is 0. The Labute approximate surface area is 83.5 Å². The summed E-state index contributed by atoms with van der Waals surface area (Å²) in [5.74, 6) is -9.95. The number of hydrogen-bond donors (Lipinski definition) is 0. The molecule has 1 aromatic rings. The van der Waals surface area contributed by atoms with Gasteiger partial charge in [-0.15, -0.1) is 0 Å². The molecule has 0 aliphatic rings. The molecule has 0 radical (unpaired) electrons. The molecule has 8 heteroatoms. The fraction of sp³-hybridized carbons (Fsp3) is 0. The average Bonchev–Trinajstić information content (AvgIpc) is 2.18. The lowest BCUT2D eigenvalue weighted by atomic mass is 10.1. The minimum Gasteiger partial charge on any atom is -0.255 e. The topological polar surface area (TPSA) is 34.1 Å². The molecule has 0 N–H and O–H groups in total. The first-order valence-corrected chi connectivity index (χ1v) is 3.54. The Morgan fingerprint density at radius 1 is 0.625 bits per heavy atom. The van der Waals surface area contributed by atoms with Crippen LogP contribution in [0.15, 0.2) is 0 Å². The van der Waals surface area contributed by atoms with Crippen LogP contribution in [0.2, 0.25) is 0 Å². The van der Waals surface area contributed by atoms with E-state index in [1.807, 2.05) is 0 Å². The molecule has 0 aliphatic heterocycles. The first kappa shape index (κ1) is 12.2. The number of hydrogen-bond acceptors (Lipinski definition) is 2. The molecular formula is C8F6O2. The van der Waals surface area contributed by atoms with Crippen molar-refractivity contribution >= 4 is 12.1 Å². The summed E-state index contributed by atoms with van der Waals surface area (Å²) in [6, 6.07) is -5.59. The standard InChI is InChI=1S/C8F6O2/c9-3-1(7(13)15)2(8(14)16)4(10)6(12)5(3)11. The van der Waals surface area contributed by atoms with Crippen LogP contribution in [0.5, 0.6) is 0 Å². The van der Waals surface area contributed by atoms with Crippen LogP contribution in [0.25, 0.3) is 0 Å². The molecule has 0 heterocycles. The molecule has 0 atom stereocenters. The van der Waals surface area contributed by atoms with Crippen LogP contribution >= 0.6 is 0 Å². The van der Waals surface area contributed by atoms with Crippen LogP contribution in [0.1, 0.15) is 20.7 Å². The van der Waals surface area contributed by atoms with Crippen molar-refractivity contribution in [3.63, 3.8) is 0 Å². The lowest BCUT2D eigenvalue weighted by Gasteiger charge is -2.05. The predicted octanol–water partition coefficient (Wildman–Crippen LogP) is 2.46. The third kappa shape index (κ3) is 1.66. The van der Waals surface area contributed by atoms with Gasteiger partial charge >= 0.3 is 12.1 Å². The molecule has 0 amide bonds. The van der Waals surface area contributed by atoms with Crippen molar-refractivity contribution in [1.82, 2.24) is 0 Å². The van der Waals surface area contributed by atoms with E-state index in [4.69, 9.17) is 0 Å². The molecule has 0 aliphatic carbocycles. The van der Waals surface area contributed by atoms with E-state index < -0.39 is 46.5 Å². The zero-order valence-corrected chi connectivity index (χ0v) is 7.08. The van der Waals surface area contributed by atoms with Gasteiger partial charge in [-0.05, 0) is 0 Å². The van der Waals surface area contributed by atoms with Gasteiger partial charge in [0.25, 0.3) is 0 Å². The van der Waals surface area contributed by atoms with Crippen LogP contribution in [-0.2, 0) is 0 Å². The van der Waals surface area contributed by atoms with Gasteiger partial charge in [-0.3, -0.25) is 9.59 Å². The van der Waals surface area contributed by atoms with Gasteiger partial charge in [0.15, 0.2) is 23.3 Å². The van der Waals surface area contributed by atoms with Crippen molar-refractivity contribution in [1.29, 1.82) is 0 Å². The summed E-state index contributed by atoms with van der Waals surface area (Å²) in [6.07, 6.45) is 0. The van der Waals surface area contributed by atoms with Crippen LogP contribution in [0.3, 0.4) is 0 Å². The lowest BCUT2D eigenvalue weighted by Crippen LogP contribution is -2.13. The second-order valence-electron chi connectivity index (χ2n) is 2.55. The highest BCUT2D eigenvalue weighted by atomic mass is 19.2. The molecule has 16 heavy (non-hydrogen) atoms. The largest absolute Gasteiger partial charge is 0.336 e. The van der Waals surface area contributed by atoms with Crippen LogP contribution in [-0.4, -0.2) is 12.1 Å². The normalized spacial score (nSPS) is 10.4. The number of carbonyl (C=O) groups is 2. The van der Waals surface area contributed by atoms with Gasteiger partial charge in [-0.2, -0.15) is 8.78 Å². The van der Waals surface area contributed by atoms with Crippen molar-refractivity contribution in [3.05, 3.63) is 34.4 Å². The number of benzene rings is 1. The second-order valence-corrected chi connectivity index (χ2v) is 2.55. The summed E-state index contributed by atoms with van der Waals surface area (Å²) in [6.45, 7) is 0. The highest BCUT2D eigenvalue weighted by Gasteiger charge is 2.32. The van der Waals surface area contributed by atoms with E-state index in [0.29, 0.717) is 0 Å². The molecule has 0 fully saturated rings. The van der Waals surface area contributed by atoms with Crippen LogP contribution in [0.4, 0.5) is 26.3 Å². The minimum absolute atomic E-state index is 2.11. The molecule has 0 spiro atoms. The van der Waals surface area contributed by atoms with Gasteiger partial charge < -0.3 is 0 Å². The van der Waals surface area contributed by atoms with E-state index in [1.54, 1.807) is 0 Å². The number of halogens is 6.